The molecule has 2 rings (SSSR count). The molecule has 1 aromatic rings. The molecular weight excluding hydrogens is 413 g/mol. The zero-order valence-electron chi connectivity index (χ0n) is 17.9. The maximum Gasteiger partial charge on any atom is 0.416 e. The topological polar surface area (TPSA) is 40.6 Å². The molecule has 0 atom stereocenters. The van der Waals surface area contributed by atoms with Crippen molar-refractivity contribution in [2.45, 2.75) is 49.6 Å². The minimum Gasteiger partial charge on any atom is -0.303 e. The summed E-state index contributed by atoms with van der Waals surface area (Å²) in [6.07, 6.45) is 3.94. The summed E-state index contributed by atoms with van der Waals surface area (Å²) < 4.78 is 64.8. The highest BCUT2D eigenvalue weighted by Gasteiger charge is 2.32. The molecular formula is C22H33F3N2O2S. The molecule has 0 heterocycles. The fraction of sp³-hybridized carbons (Fsp3) is 0.636. The molecule has 0 N–H and O–H groups in total. The van der Waals surface area contributed by atoms with Crippen LogP contribution in [0.1, 0.15) is 44.1 Å². The van der Waals surface area contributed by atoms with Crippen LogP contribution in [0.2, 0.25) is 0 Å². The molecule has 1 saturated carbocycles. The van der Waals surface area contributed by atoms with E-state index in [1.807, 2.05) is 6.08 Å². The van der Waals surface area contributed by atoms with Gasteiger partial charge in [0.05, 0.1) is 10.5 Å². The van der Waals surface area contributed by atoms with Gasteiger partial charge in [0.15, 0.2) is 0 Å². The Morgan fingerprint density at radius 3 is 2.17 bits per heavy atom. The Balaban J connectivity index is 1.82. The zero-order chi connectivity index (χ0) is 22.4. The number of sulfonamides is 1. The van der Waals surface area contributed by atoms with E-state index in [1.165, 1.54) is 17.8 Å². The number of likely N-dealkylation sites (N-methyl/N-ethyl adjacent to an activating group) is 1. The Labute approximate surface area is 178 Å². The lowest BCUT2D eigenvalue weighted by Gasteiger charge is -2.31. The van der Waals surface area contributed by atoms with Gasteiger partial charge in [-0.3, -0.25) is 0 Å². The number of rotatable bonds is 10. The van der Waals surface area contributed by atoms with Crippen LogP contribution in [-0.2, 0) is 16.2 Å². The largest absolute Gasteiger partial charge is 0.416 e. The molecule has 0 aromatic heterocycles. The van der Waals surface area contributed by atoms with Crippen LogP contribution in [0.5, 0.6) is 0 Å². The molecule has 1 fully saturated rings. The SMILES string of the molecule is C=CCN(C)CCC[C@H]1CC[C@H](CN(C)S(=O)(=O)c2ccc(C(F)(F)F)cc2)CC1. The first-order valence-corrected chi connectivity index (χ1v) is 11.9. The van der Waals surface area contributed by atoms with Gasteiger partial charge in [0, 0.05) is 20.1 Å². The van der Waals surface area contributed by atoms with Crippen LogP contribution < -0.4 is 0 Å². The first-order chi connectivity index (χ1) is 14.0. The molecule has 170 valence electrons. The number of nitrogens with zero attached hydrogens (tertiary/aromatic N) is 2. The molecule has 1 aliphatic carbocycles. The quantitative estimate of drug-likeness (QED) is 0.473. The fourth-order valence-corrected chi connectivity index (χ4v) is 5.37. The van der Waals surface area contributed by atoms with Gasteiger partial charge < -0.3 is 4.90 Å². The number of hydrogen-bond donors (Lipinski definition) is 0. The molecule has 1 aliphatic rings. The van der Waals surface area contributed by atoms with E-state index in [0.717, 1.165) is 69.5 Å². The molecule has 0 spiro atoms. The van der Waals surface area contributed by atoms with E-state index in [-0.39, 0.29) is 4.90 Å². The van der Waals surface area contributed by atoms with E-state index >= 15 is 0 Å². The van der Waals surface area contributed by atoms with Gasteiger partial charge in [-0.1, -0.05) is 18.9 Å². The molecule has 1 aromatic carbocycles. The Bertz CT molecular complexity index is 771. The van der Waals surface area contributed by atoms with Crippen molar-refractivity contribution in [3.8, 4) is 0 Å². The monoisotopic (exact) mass is 446 g/mol. The van der Waals surface area contributed by atoms with Crippen molar-refractivity contribution in [2.24, 2.45) is 11.8 Å². The van der Waals surface area contributed by atoms with Gasteiger partial charge >= 0.3 is 6.18 Å². The maximum atomic E-state index is 12.7. The number of benzene rings is 1. The van der Waals surface area contributed by atoms with Crippen molar-refractivity contribution in [3.63, 3.8) is 0 Å². The summed E-state index contributed by atoms with van der Waals surface area (Å²) in [5, 5.41) is 0. The number of alkyl halides is 3. The first kappa shape index (κ1) is 24.9. The fourth-order valence-electron chi connectivity index (χ4n) is 4.12. The van der Waals surface area contributed by atoms with Crippen molar-refractivity contribution in [2.75, 3.05) is 33.7 Å². The van der Waals surface area contributed by atoms with Gasteiger partial charge in [0.25, 0.3) is 0 Å². The van der Waals surface area contributed by atoms with Crippen LogP contribution in [0.4, 0.5) is 13.2 Å². The third kappa shape index (κ3) is 7.10. The average Bonchev–Trinajstić information content (AvgIpc) is 2.69. The van der Waals surface area contributed by atoms with Crippen molar-refractivity contribution in [3.05, 3.63) is 42.5 Å². The number of hydrogen-bond acceptors (Lipinski definition) is 3. The second kappa shape index (κ2) is 10.8. The van der Waals surface area contributed by atoms with Crippen LogP contribution in [0.15, 0.2) is 41.8 Å². The highest BCUT2D eigenvalue weighted by Crippen LogP contribution is 2.33. The molecule has 0 amide bonds. The van der Waals surface area contributed by atoms with Gasteiger partial charge in [-0.25, -0.2) is 12.7 Å². The Morgan fingerprint density at radius 1 is 1.07 bits per heavy atom. The van der Waals surface area contributed by atoms with Crippen LogP contribution in [0, 0.1) is 11.8 Å². The Morgan fingerprint density at radius 2 is 1.63 bits per heavy atom. The lowest BCUT2D eigenvalue weighted by atomic mass is 9.80. The van der Waals surface area contributed by atoms with Crippen molar-refractivity contribution < 1.29 is 21.6 Å². The zero-order valence-corrected chi connectivity index (χ0v) is 18.7. The third-order valence-corrected chi connectivity index (χ3v) is 7.80. The lowest BCUT2D eigenvalue weighted by Crippen LogP contribution is -2.33. The van der Waals surface area contributed by atoms with Crippen molar-refractivity contribution in [1.82, 2.24) is 9.21 Å². The molecule has 0 bridgehead atoms. The van der Waals surface area contributed by atoms with E-state index in [0.29, 0.717) is 18.4 Å². The standard InChI is InChI=1S/C22H33F3N2O2S/c1-4-15-26(2)16-5-6-18-7-9-19(10-8-18)17-27(3)30(28,29)21-13-11-20(12-14-21)22(23,24)25/h4,11-14,18-19H,1,5-10,15-17H2,2-3H3/t18-,19-. The Kier molecular flexibility index (Phi) is 8.94. The van der Waals surface area contributed by atoms with E-state index in [2.05, 4.69) is 18.5 Å². The minimum atomic E-state index is -4.48. The molecule has 0 aliphatic heterocycles. The average molecular weight is 447 g/mol. The van der Waals surface area contributed by atoms with Gasteiger partial charge in [-0.05, 0) is 75.4 Å². The summed E-state index contributed by atoms with van der Waals surface area (Å²) in [4.78, 5) is 2.15. The Hall–Kier alpha value is -1.38. The van der Waals surface area contributed by atoms with Crippen LogP contribution in [0.3, 0.4) is 0 Å². The summed E-state index contributed by atoms with van der Waals surface area (Å²) in [5.41, 5.74) is -0.849. The predicted octanol–water partition coefficient (Wildman–Crippen LogP) is 5.03. The van der Waals surface area contributed by atoms with Gasteiger partial charge in [0.1, 0.15) is 0 Å². The summed E-state index contributed by atoms with van der Waals surface area (Å²) in [6, 6.07) is 3.71. The van der Waals surface area contributed by atoms with Gasteiger partial charge in [0.2, 0.25) is 10.0 Å². The second-order valence-corrected chi connectivity index (χ2v) is 10.4. The van der Waals surface area contributed by atoms with E-state index in [1.54, 1.807) is 0 Å². The normalized spacial score (nSPS) is 20.6. The van der Waals surface area contributed by atoms with Gasteiger partial charge in [-0.15, -0.1) is 6.58 Å². The third-order valence-electron chi connectivity index (χ3n) is 5.96. The van der Waals surface area contributed by atoms with Crippen LogP contribution in [-0.4, -0.2) is 51.4 Å². The number of halogens is 3. The summed E-state index contributed by atoms with van der Waals surface area (Å²) >= 11 is 0. The van der Waals surface area contributed by atoms with Crippen molar-refractivity contribution in [1.29, 1.82) is 0 Å². The summed E-state index contributed by atoms with van der Waals surface area (Å²) in [5.74, 6) is 0.981. The molecule has 0 radical (unpaired) electrons. The highest BCUT2D eigenvalue weighted by molar-refractivity contribution is 7.89. The molecule has 0 saturated heterocycles. The smallest absolute Gasteiger partial charge is 0.303 e. The molecule has 4 nitrogen and oxygen atoms in total. The minimum absolute atomic E-state index is 0.102. The van der Waals surface area contributed by atoms with E-state index < -0.39 is 21.8 Å². The molecule has 0 unspecified atom stereocenters. The molecule has 8 heteroatoms. The summed E-state index contributed by atoms with van der Waals surface area (Å²) in [7, 11) is -0.194. The second-order valence-electron chi connectivity index (χ2n) is 8.39. The highest BCUT2D eigenvalue weighted by atomic mass is 32.2. The van der Waals surface area contributed by atoms with Gasteiger partial charge in [-0.2, -0.15) is 13.2 Å². The van der Waals surface area contributed by atoms with E-state index in [9.17, 15) is 21.6 Å². The first-order valence-electron chi connectivity index (χ1n) is 10.5. The van der Waals surface area contributed by atoms with Crippen LogP contribution in [0.25, 0.3) is 0 Å². The van der Waals surface area contributed by atoms with E-state index in [4.69, 9.17) is 0 Å². The maximum absolute atomic E-state index is 12.7. The van der Waals surface area contributed by atoms with Crippen molar-refractivity contribution >= 4 is 10.0 Å². The summed E-state index contributed by atoms with van der Waals surface area (Å²) in [6.45, 7) is 6.10. The predicted molar refractivity (Wildman–Crippen MR) is 114 cm³/mol. The molecule has 30 heavy (non-hydrogen) atoms. The van der Waals surface area contributed by atoms with Crippen LogP contribution >= 0.6 is 0 Å². The lowest BCUT2D eigenvalue weighted by molar-refractivity contribution is -0.137.